The van der Waals surface area contributed by atoms with Crippen LogP contribution in [0.2, 0.25) is 0 Å². The molecule has 0 saturated heterocycles. The summed E-state index contributed by atoms with van der Waals surface area (Å²) in [6.45, 7) is -1.26. The largest absolute Gasteiger partial charge is 0.462 e. The Morgan fingerprint density at radius 3 is 2.72 bits per heavy atom. The number of hydrogen-bond donors (Lipinski definition) is 3. The van der Waals surface area contributed by atoms with Crippen molar-refractivity contribution in [2.24, 2.45) is 13.0 Å². The third-order valence-corrected chi connectivity index (χ3v) is 7.19. The van der Waals surface area contributed by atoms with Crippen LogP contribution in [-0.2, 0) is 29.4 Å². The summed E-state index contributed by atoms with van der Waals surface area (Å²) in [6, 6.07) is 1.07. The number of thiophene rings is 1. The Bertz CT molecular complexity index is 1190. The summed E-state index contributed by atoms with van der Waals surface area (Å²) in [4.78, 5) is 25.9. The molecule has 2 aliphatic carbocycles. The average molecular weight is 550 g/mol. The van der Waals surface area contributed by atoms with Crippen molar-refractivity contribution < 1.29 is 36.6 Å². The fourth-order valence-electron chi connectivity index (χ4n) is 3.96. The highest BCUT2D eigenvalue weighted by molar-refractivity contribution is 7.80. The van der Waals surface area contributed by atoms with Crippen molar-refractivity contribution in [1.29, 1.82) is 0 Å². The van der Waals surface area contributed by atoms with E-state index in [1.165, 1.54) is 29.1 Å². The van der Waals surface area contributed by atoms with Crippen LogP contribution in [0.3, 0.4) is 0 Å². The number of halogens is 4. The first-order chi connectivity index (χ1) is 17.0. The van der Waals surface area contributed by atoms with Gasteiger partial charge in [-0.15, -0.1) is 16.4 Å². The highest BCUT2D eigenvalue weighted by Crippen LogP contribution is 2.49. The third kappa shape index (κ3) is 5.72. The Balaban J connectivity index is 1.46. The highest BCUT2D eigenvalue weighted by atomic mass is 32.1. The van der Waals surface area contributed by atoms with E-state index in [1.807, 2.05) is 0 Å². The number of alkyl halides is 4. The molecule has 4 rings (SSSR count). The summed E-state index contributed by atoms with van der Waals surface area (Å²) < 4.78 is 62.3. The number of nitrogens with one attached hydrogen (secondary N) is 3. The van der Waals surface area contributed by atoms with Crippen LogP contribution in [-0.4, -0.2) is 52.0 Å². The maximum Gasteiger partial charge on any atom is 0.388 e. The number of aryl methyl sites for hydroxylation is 2. The first-order valence-electron chi connectivity index (χ1n) is 11.0. The van der Waals surface area contributed by atoms with Crippen LogP contribution < -0.4 is 20.7 Å². The molecule has 3 N–H and O–H groups in total. The first-order valence-corrected chi connectivity index (χ1v) is 12.3. The van der Waals surface area contributed by atoms with Crippen molar-refractivity contribution in [2.75, 3.05) is 17.2 Å². The van der Waals surface area contributed by atoms with Crippen molar-refractivity contribution in [1.82, 2.24) is 15.1 Å². The van der Waals surface area contributed by atoms with Crippen LogP contribution >= 0.6 is 23.6 Å². The molecule has 2 aromatic heterocycles. The summed E-state index contributed by atoms with van der Waals surface area (Å²) in [5.74, 6) is -5.84. The number of anilines is 2. The summed E-state index contributed by atoms with van der Waals surface area (Å²) in [6.07, 6.45) is 1.04. The van der Waals surface area contributed by atoms with Gasteiger partial charge in [0.2, 0.25) is 11.8 Å². The number of aromatic nitrogens is 2. The van der Waals surface area contributed by atoms with Crippen molar-refractivity contribution in [2.45, 2.75) is 51.2 Å². The molecule has 0 spiro atoms. The van der Waals surface area contributed by atoms with E-state index < -0.39 is 36.7 Å². The Morgan fingerprint density at radius 2 is 2.08 bits per heavy atom. The van der Waals surface area contributed by atoms with Crippen LogP contribution in [0.25, 0.3) is 0 Å². The highest BCUT2D eigenvalue weighted by Gasteiger charge is 2.61. The van der Waals surface area contributed by atoms with Gasteiger partial charge in [0.25, 0.3) is 5.92 Å². The Hall–Kier alpha value is -2.94. The van der Waals surface area contributed by atoms with E-state index in [4.69, 9.17) is 17.0 Å². The van der Waals surface area contributed by atoms with Gasteiger partial charge in [-0.2, -0.15) is 8.78 Å². The lowest BCUT2D eigenvalue weighted by Gasteiger charge is -2.25. The van der Waals surface area contributed by atoms with E-state index in [0.717, 1.165) is 4.88 Å². The predicted octanol–water partition coefficient (Wildman–Crippen LogP) is 3.70. The molecular weight excluding hydrogens is 526 g/mol. The van der Waals surface area contributed by atoms with Crippen molar-refractivity contribution in [3.63, 3.8) is 0 Å². The molecule has 0 bridgehead atoms. The second kappa shape index (κ2) is 10.2. The van der Waals surface area contributed by atoms with Crippen LogP contribution in [0.5, 0.6) is 5.88 Å². The number of carbonyl (C=O) groups excluding carboxylic acids is 2. The van der Waals surface area contributed by atoms with Gasteiger partial charge < -0.3 is 25.4 Å². The molecular formula is C21H23F4N5O4S2. The van der Waals surface area contributed by atoms with Gasteiger partial charge in [0.1, 0.15) is 16.7 Å². The molecule has 36 heavy (non-hydrogen) atoms. The number of thiocarbonyl (C=S) groups is 1. The number of carbonyl (C=O) groups is 2. The van der Waals surface area contributed by atoms with Gasteiger partial charge in [0, 0.05) is 30.5 Å². The molecule has 9 nitrogen and oxygen atoms in total. The van der Waals surface area contributed by atoms with Gasteiger partial charge in [-0.25, -0.2) is 18.3 Å². The van der Waals surface area contributed by atoms with E-state index in [2.05, 4.69) is 25.8 Å². The van der Waals surface area contributed by atoms with Gasteiger partial charge in [-0.3, -0.25) is 4.79 Å². The number of amides is 1. The molecule has 2 atom stereocenters. The van der Waals surface area contributed by atoms with Crippen LogP contribution in [0.1, 0.15) is 40.6 Å². The van der Waals surface area contributed by atoms with Gasteiger partial charge in [-0.05, 0) is 44.0 Å². The number of fused-ring (bicyclic) bond motifs is 1. The number of hydrogen-bond acceptors (Lipinski definition) is 7. The zero-order valence-electron chi connectivity index (χ0n) is 19.2. The molecule has 0 aliphatic heterocycles. The first kappa shape index (κ1) is 26.1. The lowest BCUT2D eigenvalue weighted by atomic mass is 9.91. The van der Waals surface area contributed by atoms with E-state index in [0.29, 0.717) is 30.6 Å². The molecule has 2 aromatic rings. The molecule has 0 radical (unpaired) electrons. The topological polar surface area (TPSA) is 107 Å². The molecule has 1 fully saturated rings. The number of rotatable bonds is 8. The summed E-state index contributed by atoms with van der Waals surface area (Å²) in [7, 11) is 1.53. The lowest BCUT2D eigenvalue weighted by Crippen LogP contribution is -2.41. The molecule has 0 aromatic carbocycles. The Labute approximate surface area is 212 Å². The minimum Gasteiger partial charge on any atom is -0.462 e. The maximum atomic E-state index is 13.3. The van der Waals surface area contributed by atoms with Crippen molar-refractivity contribution >= 4 is 51.4 Å². The zero-order chi connectivity index (χ0) is 26.2. The van der Waals surface area contributed by atoms with Crippen LogP contribution in [0.4, 0.5) is 28.4 Å². The molecule has 0 unspecified atom stereocenters. The SMILES string of the molecule is CCOC(=O)c1c(NC(=O)[C@H]2CC2(F)F)sc2c1C[C@@H](NC(=S)Nc1cc(OC(F)F)nn1C)CC2. The van der Waals surface area contributed by atoms with Gasteiger partial charge in [-0.1, -0.05) is 0 Å². The lowest BCUT2D eigenvalue weighted by molar-refractivity contribution is -0.119. The van der Waals surface area contributed by atoms with Crippen molar-refractivity contribution in [3.8, 4) is 5.88 Å². The Morgan fingerprint density at radius 1 is 1.36 bits per heavy atom. The average Bonchev–Trinajstić information content (AvgIpc) is 3.09. The second-order valence-corrected chi connectivity index (χ2v) is 9.86. The molecule has 1 amide bonds. The smallest absolute Gasteiger partial charge is 0.388 e. The monoisotopic (exact) mass is 549 g/mol. The fraction of sp³-hybridized carbons (Fsp3) is 0.524. The molecule has 2 aliphatic rings. The van der Waals surface area contributed by atoms with E-state index in [1.54, 1.807) is 6.92 Å². The number of esters is 1. The second-order valence-electron chi connectivity index (χ2n) is 8.34. The maximum absolute atomic E-state index is 13.3. The summed E-state index contributed by atoms with van der Waals surface area (Å²) in [5, 5.41) is 12.7. The molecule has 196 valence electrons. The quantitative estimate of drug-likeness (QED) is 0.260. The predicted molar refractivity (Wildman–Crippen MR) is 127 cm³/mol. The minimum atomic E-state index is -3.02. The Kier molecular flexibility index (Phi) is 7.41. The molecule has 1 saturated carbocycles. The normalized spacial score (nSPS) is 19.9. The van der Waals surface area contributed by atoms with Gasteiger partial charge in [0.05, 0.1) is 12.2 Å². The van der Waals surface area contributed by atoms with E-state index in [9.17, 15) is 27.2 Å². The summed E-state index contributed by atoms with van der Waals surface area (Å²) in [5.41, 5.74) is 0.830. The van der Waals surface area contributed by atoms with Crippen LogP contribution in [0, 0.1) is 5.92 Å². The fourth-order valence-corrected chi connectivity index (χ4v) is 5.46. The van der Waals surface area contributed by atoms with Crippen molar-refractivity contribution in [3.05, 3.63) is 22.1 Å². The van der Waals surface area contributed by atoms with E-state index in [-0.39, 0.29) is 34.2 Å². The van der Waals surface area contributed by atoms with Gasteiger partial charge >= 0.3 is 12.6 Å². The van der Waals surface area contributed by atoms with Gasteiger partial charge in [0.15, 0.2) is 5.11 Å². The zero-order valence-corrected chi connectivity index (χ0v) is 20.8. The van der Waals surface area contributed by atoms with E-state index >= 15 is 0 Å². The van der Waals surface area contributed by atoms with Crippen LogP contribution in [0.15, 0.2) is 6.07 Å². The third-order valence-electron chi connectivity index (χ3n) is 5.76. The standard InChI is InChI=1S/C21H23F4N5O4S2/c1-3-33-18(32)15-10-6-9(26-20(35)27-13-7-14(29-30(13)2)34-19(22)23)4-5-12(10)36-17(15)28-16(31)11-8-21(11,24)25/h7,9,11,19H,3-6,8H2,1-2H3,(H,28,31)(H2,26,27,35)/t9-,11+/m0/s1. The number of ether oxygens (including phenoxy) is 2. The number of nitrogens with zero attached hydrogens (tertiary/aromatic N) is 2. The molecule has 2 heterocycles. The minimum absolute atomic E-state index is 0.106. The summed E-state index contributed by atoms with van der Waals surface area (Å²) >= 11 is 6.53. The molecule has 15 heteroatoms.